The number of aromatic amines is 1. The Bertz CT molecular complexity index is 1140. The third kappa shape index (κ3) is 4.76. The molecule has 0 aliphatic heterocycles. The van der Waals surface area contributed by atoms with Crippen molar-refractivity contribution in [1.29, 1.82) is 5.26 Å². The van der Waals surface area contributed by atoms with Crippen molar-refractivity contribution in [2.45, 2.75) is 33.3 Å². The Morgan fingerprint density at radius 1 is 1.31 bits per heavy atom. The van der Waals surface area contributed by atoms with Crippen LogP contribution >= 0.6 is 11.3 Å². The van der Waals surface area contributed by atoms with Gasteiger partial charge in [0.25, 0.3) is 5.56 Å². The molecule has 0 aliphatic carbocycles. The van der Waals surface area contributed by atoms with Crippen molar-refractivity contribution < 1.29 is 13.9 Å². The van der Waals surface area contributed by atoms with Gasteiger partial charge in [0.15, 0.2) is 0 Å². The van der Waals surface area contributed by atoms with Crippen LogP contribution in [0.4, 0.5) is 4.39 Å². The van der Waals surface area contributed by atoms with Gasteiger partial charge in [-0.15, -0.1) is 11.3 Å². The Morgan fingerprint density at radius 3 is 2.72 bits per heavy atom. The molecule has 3 rings (SSSR count). The minimum Gasteiger partial charge on any atom is -0.459 e. The lowest BCUT2D eigenvalue weighted by Gasteiger charge is -2.10. The number of H-pyrrole nitrogens is 1. The second kappa shape index (κ2) is 8.80. The Kier molecular flexibility index (Phi) is 6.20. The molecule has 0 atom stereocenters. The lowest BCUT2D eigenvalue weighted by molar-refractivity contribution is -0.145. The molecule has 0 saturated carbocycles. The molecule has 2 aromatic heterocycles. The zero-order valence-corrected chi connectivity index (χ0v) is 16.7. The number of ether oxygens (including phenoxy) is 1. The number of aromatic nitrogens is 2. The molecule has 3 aromatic rings. The Labute approximate surface area is 170 Å². The Morgan fingerprint density at radius 2 is 2.03 bits per heavy atom. The van der Waals surface area contributed by atoms with E-state index in [0.717, 1.165) is 16.1 Å². The van der Waals surface area contributed by atoms with Gasteiger partial charge in [-0.2, -0.15) is 5.26 Å². The van der Waals surface area contributed by atoms with E-state index in [0.29, 0.717) is 23.4 Å². The molecular formula is C21H18FN3O3S. The predicted molar refractivity (Wildman–Crippen MR) is 107 cm³/mol. The minimum atomic E-state index is -0.422. The van der Waals surface area contributed by atoms with Gasteiger partial charge in [0.1, 0.15) is 29.1 Å². The fourth-order valence-electron chi connectivity index (χ4n) is 2.97. The highest BCUT2D eigenvalue weighted by Gasteiger charge is 2.14. The largest absolute Gasteiger partial charge is 0.459 e. The molecule has 0 bridgehead atoms. The van der Waals surface area contributed by atoms with E-state index in [-0.39, 0.29) is 24.4 Å². The summed E-state index contributed by atoms with van der Waals surface area (Å²) in [5.41, 5.74) is 3.05. The number of nitrogens with one attached hydrogen (secondary N) is 1. The predicted octanol–water partition coefficient (Wildman–Crippen LogP) is 3.80. The zero-order valence-electron chi connectivity index (χ0n) is 15.9. The van der Waals surface area contributed by atoms with E-state index in [1.165, 1.54) is 23.5 Å². The van der Waals surface area contributed by atoms with Gasteiger partial charge in [0, 0.05) is 23.1 Å². The van der Waals surface area contributed by atoms with Crippen LogP contribution in [0, 0.1) is 31.0 Å². The van der Waals surface area contributed by atoms with Gasteiger partial charge >= 0.3 is 5.97 Å². The summed E-state index contributed by atoms with van der Waals surface area (Å²) < 4.78 is 18.3. The van der Waals surface area contributed by atoms with Crippen LogP contribution in [-0.4, -0.2) is 15.9 Å². The number of nitrogens with zero attached hydrogens (tertiary/aromatic N) is 2. The van der Waals surface area contributed by atoms with Gasteiger partial charge < -0.3 is 9.72 Å². The standard InChI is InChI=1S/C21H18FN3O3S/c1-12-17(13(2)24-20(27)18(12)9-23)7-8-19(26)28-10-16-11-29-21(25-16)14-3-5-15(22)6-4-14/h3-6,11H,7-8,10H2,1-2H3,(H,24,27). The fraction of sp³-hybridized carbons (Fsp3) is 0.238. The first-order valence-electron chi connectivity index (χ1n) is 8.87. The first-order valence-corrected chi connectivity index (χ1v) is 9.75. The highest BCUT2D eigenvalue weighted by atomic mass is 32.1. The summed E-state index contributed by atoms with van der Waals surface area (Å²) in [6.07, 6.45) is 0.480. The van der Waals surface area contributed by atoms with Crippen molar-refractivity contribution in [2.75, 3.05) is 0 Å². The minimum absolute atomic E-state index is 0.0452. The van der Waals surface area contributed by atoms with Crippen molar-refractivity contribution in [2.24, 2.45) is 0 Å². The summed E-state index contributed by atoms with van der Waals surface area (Å²) in [5.74, 6) is -0.709. The van der Waals surface area contributed by atoms with E-state index in [1.807, 2.05) is 6.07 Å². The summed E-state index contributed by atoms with van der Waals surface area (Å²) in [7, 11) is 0. The van der Waals surface area contributed by atoms with Crippen LogP contribution in [0.5, 0.6) is 0 Å². The van der Waals surface area contributed by atoms with Crippen molar-refractivity contribution >= 4 is 17.3 Å². The quantitative estimate of drug-likeness (QED) is 0.623. The summed E-state index contributed by atoms with van der Waals surface area (Å²) in [4.78, 5) is 30.9. The number of carbonyl (C=O) groups is 1. The number of halogens is 1. The molecule has 2 heterocycles. The maximum atomic E-state index is 13.0. The number of esters is 1. The molecule has 148 valence electrons. The molecule has 0 saturated heterocycles. The third-order valence-corrected chi connectivity index (χ3v) is 5.46. The lowest BCUT2D eigenvalue weighted by Crippen LogP contribution is -2.17. The number of pyridine rings is 1. The van der Waals surface area contributed by atoms with Gasteiger partial charge in [0.2, 0.25) is 0 Å². The molecule has 0 radical (unpaired) electrons. The molecule has 29 heavy (non-hydrogen) atoms. The molecule has 1 N–H and O–H groups in total. The summed E-state index contributed by atoms with van der Waals surface area (Å²) in [6, 6.07) is 7.93. The summed E-state index contributed by atoms with van der Waals surface area (Å²) in [5, 5.41) is 11.6. The number of hydrogen-bond acceptors (Lipinski definition) is 6. The maximum Gasteiger partial charge on any atom is 0.306 e. The van der Waals surface area contributed by atoms with E-state index < -0.39 is 11.5 Å². The van der Waals surface area contributed by atoms with Crippen LogP contribution in [0.2, 0.25) is 0 Å². The SMILES string of the molecule is Cc1[nH]c(=O)c(C#N)c(C)c1CCC(=O)OCc1csc(-c2ccc(F)cc2)n1. The summed E-state index contributed by atoms with van der Waals surface area (Å²) >= 11 is 1.39. The van der Waals surface area contributed by atoms with Gasteiger partial charge in [-0.3, -0.25) is 9.59 Å². The zero-order chi connectivity index (χ0) is 21.0. The topological polar surface area (TPSA) is 95.8 Å². The van der Waals surface area contributed by atoms with Gasteiger partial charge in [-0.25, -0.2) is 9.37 Å². The number of benzene rings is 1. The van der Waals surface area contributed by atoms with Gasteiger partial charge in [-0.05, 0) is 55.7 Å². The highest BCUT2D eigenvalue weighted by molar-refractivity contribution is 7.13. The van der Waals surface area contributed by atoms with E-state index in [9.17, 15) is 14.0 Å². The molecule has 1 aromatic carbocycles. The van der Waals surface area contributed by atoms with Crippen molar-refractivity contribution in [1.82, 2.24) is 9.97 Å². The van der Waals surface area contributed by atoms with Crippen LogP contribution < -0.4 is 5.56 Å². The smallest absolute Gasteiger partial charge is 0.306 e. The van der Waals surface area contributed by atoms with Crippen LogP contribution in [0.15, 0.2) is 34.4 Å². The van der Waals surface area contributed by atoms with Crippen LogP contribution in [-0.2, 0) is 22.6 Å². The third-order valence-electron chi connectivity index (χ3n) is 4.52. The molecule has 0 spiro atoms. The second-order valence-electron chi connectivity index (χ2n) is 6.48. The van der Waals surface area contributed by atoms with Gasteiger partial charge in [-0.1, -0.05) is 0 Å². The Balaban J connectivity index is 1.58. The molecule has 0 aliphatic rings. The number of rotatable bonds is 6. The number of hydrogen-bond donors (Lipinski definition) is 1. The van der Waals surface area contributed by atoms with Gasteiger partial charge in [0.05, 0.1) is 5.69 Å². The monoisotopic (exact) mass is 411 g/mol. The molecule has 0 amide bonds. The fourth-order valence-corrected chi connectivity index (χ4v) is 3.78. The van der Waals surface area contributed by atoms with Crippen LogP contribution in [0.1, 0.15) is 34.5 Å². The number of nitriles is 1. The lowest BCUT2D eigenvalue weighted by atomic mass is 9.99. The molecule has 0 fully saturated rings. The first kappa shape index (κ1) is 20.4. The van der Waals surface area contributed by atoms with Crippen molar-refractivity contribution in [3.05, 3.63) is 73.9 Å². The molecule has 0 unspecified atom stereocenters. The molecular weight excluding hydrogens is 393 g/mol. The van der Waals surface area contributed by atoms with Crippen molar-refractivity contribution in [3.63, 3.8) is 0 Å². The molecule has 8 heteroatoms. The van der Waals surface area contributed by atoms with E-state index in [4.69, 9.17) is 10.00 Å². The highest BCUT2D eigenvalue weighted by Crippen LogP contribution is 2.24. The van der Waals surface area contributed by atoms with Crippen molar-refractivity contribution in [3.8, 4) is 16.6 Å². The normalized spacial score (nSPS) is 10.6. The number of carbonyl (C=O) groups excluding carboxylic acids is 1. The first-order chi connectivity index (χ1) is 13.9. The maximum absolute atomic E-state index is 13.0. The average Bonchev–Trinajstić information content (AvgIpc) is 3.16. The number of aryl methyl sites for hydroxylation is 1. The molecule has 6 nitrogen and oxygen atoms in total. The van der Waals surface area contributed by atoms with Crippen LogP contribution in [0.3, 0.4) is 0 Å². The summed E-state index contributed by atoms with van der Waals surface area (Å²) in [6.45, 7) is 3.49. The van der Waals surface area contributed by atoms with E-state index >= 15 is 0 Å². The average molecular weight is 411 g/mol. The number of thiazole rings is 1. The Hall–Kier alpha value is -3.31. The second-order valence-corrected chi connectivity index (χ2v) is 7.34. The van der Waals surface area contributed by atoms with Crippen LogP contribution in [0.25, 0.3) is 10.6 Å². The van der Waals surface area contributed by atoms with E-state index in [2.05, 4.69) is 9.97 Å². The van der Waals surface area contributed by atoms with E-state index in [1.54, 1.807) is 31.4 Å².